The van der Waals surface area contributed by atoms with Crippen LogP contribution in [0.25, 0.3) is 0 Å². The van der Waals surface area contributed by atoms with Crippen molar-refractivity contribution in [3.63, 3.8) is 0 Å². The number of pyridine rings is 1. The summed E-state index contributed by atoms with van der Waals surface area (Å²) in [6.45, 7) is 2.13. The summed E-state index contributed by atoms with van der Waals surface area (Å²) >= 11 is 0. The van der Waals surface area contributed by atoms with Crippen molar-refractivity contribution in [3.8, 4) is 0 Å². The van der Waals surface area contributed by atoms with Crippen LogP contribution in [0, 0.1) is 0 Å². The van der Waals surface area contributed by atoms with Crippen LogP contribution in [-0.4, -0.2) is 10.9 Å². The number of amides is 1. The second-order valence-electron chi connectivity index (χ2n) is 4.43. The third-order valence-electron chi connectivity index (χ3n) is 3.00. The molecule has 0 aliphatic rings. The Morgan fingerprint density at radius 2 is 1.84 bits per heavy atom. The predicted molar refractivity (Wildman–Crippen MR) is 77.0 cm³/mol. The van der Waals surface area contributed by atoms with Gasteiger partial charge in [-0.05, 0) is 36.1 Å². The second-order valence-corrected chi connectivity index (χ2v) is 4.43. The highest BCUT2D eigenvalue weighted by molar-refractivity contribution is 5.89. The highest BCUT2D eigenvalue weighted by Crippen LogP contribution is 2.08. The third-order valence-corrected chi connectivity index (χ3v) is 3.00. The lowest BCUT2D eigenvalue weighted by Crippen LogP contribution is -2.13. The summed E-state index contributed by atoms with van der Waals surface area (Å²) in [4.78, 5) is 15.8. The molecule has 0 bridgehead atoms. The molecular weight excluding hydrogens is 236 g/mol. The average Bonchev–Trinajstić information content (AvgIpc) is 2.47. The van der Waals surface area contributed by atoms with Gasteiger partial charge < -0.3 is 5.32 Å². The van der Waals surface area contributed by atoms with Gasteiger partial charge in [0.2, 0.25) is 5.91 Å². The zero-order chi connectivity index (χ0) is 13.5. The van der Waals surface area contributed by atoms with E-state index >= 15 is 0 Å². The van der Waals surface area contributed by atoms with Crippen LogP contribution in [0.2, 0.25) is 0 Å². The van der Waals surface area contributed by atoms with Crippen LogP contribution in [0.5, 0.6) is 0 Å². The number of anilines is 1. The summed E-state index contributed by atoms with van der Waals surface area (Å²) in [7, 11) is 0. The molecule has 0 saturated heterocycles. The van der Waals surface area contributed by atoms with Crippen molar-refractivity contribution in [3.05, 3.63) is 59.8 Å². The lowest BCUT2D eigenvalue weighted by molar-refractivity contribution is -0.116. The molecule has 0 unspecified atom stereocenters. The average molecular weight is 254 g/mol. The van der Waals surface area contributed by atoms with Gasteiger partial charge in [0.05, 0.1) is 0 Å². The first kappa shape index (κ1) is 13.3. The van der Waals surface area contributed by atoms with Gasteiger partial charge in [-0.2, -0.15) is 0 Å². The minimum absolute atomic E-state index is 0.00160. The molecule has 19 heavy (non-hydrogen) atoms. The second kappa shape index (κ2) is 6.69. The Hall–Kier alpha value is -2.16. The molecule has 0 atom stereocenters. The van der Waals surface area contributed by atoms with Crippen LogP contribution >= 0.6 is 0 Å². The molecule has 1 aromatic heterocycles. The van der Waals surface area contributed by atoms with E-state index in [9.17, 15) is 4.79 Å². The molecule has 0 aliphatic heterocycles. The zero-order valence-electron chi connectivity index (χ0n) is 11.1. The minimum Gasteiger partial charge on any atom is -0.311 e. The van der Waals surface area contributed by atoms with Gasteiger partial charge in [-0.1, -0.05) is 37.3 Å². The van der Waals surface area contributed by atoms with Gasteiger partial charge in [0.15, 0.2) is 0 Å². The molecule has 2 rings (SSSR count). The maximum absolute atomic E-state index is 11.8. The molecule has 0 spiro atoms. The number of carbonyl (C=O) groups excluding carboxylic acids is 1. The summed E-state index contributed by atoms with van der Waals surface area (Å²) in [5, 5.41) is 2.78. The summed E-state index contributed by atoms with van der Waals surface area (Å²) in [6, 6.07) is 13.9. The van der Waals surface area contributed by atoms with Crippen molar-refractivity contribution in [2.75, 3.05) is 5.32 Å². The fraction of sp³-hybridized carbons (Fsp3) is 0.250. The fourth-order valence-corrected chi connectivity index (χ4v) is 1.84. The molecule has 0 radical (unpaired) electrons. The van der Waals surface area contributed by atoms with Crippen molar-refractivity contribution >= 4 is 11.7 Å². The number of nitrogens with one attached hydrogen (secondary N) is 1. The molecular formula is C16H18N2O. The number of hydrogen-bond donors (Lipinski definition) is 1. The van der Waals surface area contributed by atoms with Crippen LogP contribution in [-0.2, 0) is 17.6 Å². The van der Waals surface area contributed by atoms with E-state index < -0.39 is 0 Å². The fourth-order valence-electron chi connectivity index (χ4n) is 1.84. The number of carbonyl (C=O) groups is 1. The van der Waals surface area contributed by atoms with Gasteiger partial charge in [0.1, 0.15) is 5.82 Å². The monoisotopic (exact) mass is 254 g/mol. The van der Waals surface area contributed by atoms with E-state index in [0.717, 1.165) is 12.8 Å². The van der Waals surface area contributed by atoms with E-state index in [-0.39, 0.29) is 5.91 Å². The van der Waals surface area contributed by atoms with Crippen molar-refractivity contribution in [2.45, 2.75) is 26.2 Å². The van der Waals surface area contributed by atoms with Crippen molar-refractivity contribution in [2.24, 2.45) is 0 Å². The SMILES string of the molecule is CCc1ccc(CCC(=O)Nc2ccccn2)cc1. The van der Waals surface area contributed by atoms with Crippen molar-refractivity contribution in [1.82, 2.24) is 4.98 Å². The first-order valence-corrected chi connectivity index (χ1v) is 6.56. The number of benzene rings is 1. The van der Waals surface area contributed by atoms with Crippen LogP contribution in [0.3, 0.4) is 0 Å². The number of nitrogens with zero attached hydrogens (tertiary/aromatic N) is 1. The van der Waals surface area contributed by atoms with Crippen LogP contribution in [0.4, 0.5) is 5.82 Å². The Morgan fingerprint density at radius 1 is 1.11 bits per heavy atom. The largest absolute Gasteiger partial charge is 0.311 e. The zero-order valence-corrected chi connectivity index (χ0v) is 11.1. The van der Waals surface area contributed by atoms with Crippen LogP contribution in [0.1, 0.15) is 24.5 Å². The molecule has 0 aliphatic carbocycles. The number of rotatable bonds is 5. The predicted octanol–water partition coefficient (Wildman–Crippen LogP) is 3.22. The molecule has 3 heteroatoms. The first-order valence-electron chi connectivity index (χ1n) is 6.56. The van der Waals surface area contributed by atoms with E-state index in [4.69, 9.17) is 0 Å². The van der Waals surface area contributed by atoms with Crippen LogP contribution < -0.4 is 5.32 Å². The van der Waals surface area contributed by atoms with Crippen LogP contribution in [0.15, 0.2) is 48.7 Å². The highest BCUT2D eigenvalue weighted by atomic mass is 16.1. The quantitative estimate of drug-likeness (QED) is 0.890. The molecule has 3 nitrogen and oxygen atoms in total. The lowest BCUT2D eigenvalue weighted by Gasteiger charge is -2.05. The van der Waals surface area contributed by atoms with E-state index in [0.29, 0.717) is 12.2 Å². The Kier molecular flexibility index (Phi) is 4.67. The summed E-state index contributed by atoms with van der Waals surface area (Å²) < 4.78 is 0. The van der Waals surface area contributed by atoms with Gasteiger partial charge in [-0.25, -0.2) is 4.98 Å². The third kappa shape index (κ3) is 4.21. The molecule has 1 amide bonds. The van der Waals surface area contributed by atoms with Crippen molar-refractivity contribution in [1.29, 1.82) is 0 Å². The molecule has 1 heterocycles. The highest BCUT2D eigenvalue weighted by Gasteiger charge is 2.03. The smallest absolute Gasteiger partial charge is 0.225 e. The Labute approximate surface area is 113 Å². The molecule has 0 saturated carbocycles. The van der Waals surface area contributed by atoms with Gasteiger partial charge in [0, 0.05) is 12.6 Å². The molecule has 98 valence electrons. The summed E-state index contributed by atoms with van der Waals surface area (Å²) in [5.41, 5.74) is 2.51. The van der Waals surface area contributed by atoms with Gasteiger partial charge in [0.25, 0.3) is 0 Å². The standard InChI is InChI=1S/C16H18N2O/c1-2-13-6-8-14(9-7-13)10-11-16(19)18-15-5-3-4-12-17-15/h3-9,12H,2,10-11H2,1H3,(H,17,18,19). The van der Waals surface area contributed by atoms with Gasteiger partial charge in [-0.3, -0.25) is 4.79 Å². The lowest BCUT2D eigenvalue weighted by atomic mass is 10.1. The molecule has 1 N–H and O–H groups in total. The van der Waals surface area contributed by atoms with E-state index in [1.807, 2.05) is 12.1 Å². The van der Waals surface area contributed by atoms with Crippen molar-refractivity contribution < 1.29 is 4.79 Å². The Morgan fingerprint density at radius 3 is 2.47 bits per heavy atom. The maximum Gasteiger partial charge on any atom is 0.225 e. The van der Waals surface area contributed by atoms with E-state index in [1.165, 1.54) is 11.1 Å². The Bertz CT molecular complexity index is 520. The number of aromatic nitrogens is 1. The molecule has 2 aromatic rings. The first-order chi connectivity index (χ1) is 9.28. The topological polar surface area (TPSA) is 42.0 Å². The summed E-state index contributed by atoms with van der Waals surface area (Å²) in [5.74, 6) is 0.604. The van der Waals surface area contributed by atoms with E-state index in [2.05, 4.69) is 41.5 Å². The maximum atomic E-state index is 11.8. The normalized spacial score (nSPS) is 10.2. The molecule has 0 fully saturated rings. The molecule has 1 aromatic carbocycles. The minimum atomic E-state index is -0.00160. The van der Waals surface area contributed by atoms with Gasteiger partial charge >= 0.3 is 0 Å². The summed E-state index contributed by atoms with van der Waals surface area (Å²) in [6.07, 6.45) is 3.93. The van der Waals surface area contributed by atoms with Gasteiger partial charge in [-0.15, -0.1) is 0 Å². The number of aryl methyl sites for hydroxylation is 2. The van der Waals surface area contributed by atoms with E-state index in [1.54, 1.807) is 12.3 Å². The Balaban J connectivity index is 1.83. The number of hydrogen-bond acceptors (Lipinski definition) is 2.